The van der Waals surface area contributed by atoms with Gasteiger partial charge >= 0.3 is 0 Å². The van der Waals surface area contributed by atoms with Crippen LogP contribution in [0.25, 0.3) is 0 Å². The molecule has 1 aromatic carbocycles. The first-order valence-electron chi connectivity index (χ1n) is 4.38. The lowest BCUT2D eigenvalue weighted by Crippen LogP contribution is -2.19. The van der Waals surface area contributed by atoms with Gasteiger partial charge in [-0.2, -0.15) is 0 Å². The third-order valence-electron chi connectivity index (χ3n) is 2.55. The molecule has 0 heterocycles. The molecular weight excluding hydrogens is 164 g/mol. The average molecular weight is 178 g/mol. The van der Waals surface area contributed by atoms with E-state index >= 15 is 0 Å². The van der Waals surface area contributed by atoms with Crippen LogP contribution in [0.5, 0.6) is 5.75 Å². The number of hydrogen-bond donors (Lipinski definition) is 2. The second kappa shape index (κ2) is 2.64. The third kappa shape index (κ3) is 1.35. The normalized spacial score (nSPS) is 18.3. The lowest BCUT2D eigenvalue weighted by Gasteiger charge is -2.14. The van der Waals surface area contributed by atoms with Gasteiger partial charge in [0.2, 0.25) is 0 Å². The Hall–Kier alpha value is -1.22. The Labute approximate surface area is 77.7 Å². The van der Waals surface area contributed by atoms with Crippen molar-refractivity contribution in [2.75, 3.05) is 12.8 Å². The Kier molecular flexibility index (Phi) is 1.70. The fourth-order valence-electron chi connectivity index (χ4n) is 1.52. The van der Waals surface area contributed by atoms with Crippen LogP contribution in [0.3, 0.4) is 0 Å². The minimum absolute atomic E-state index is 0.180. The van der Waals surface area contributed by atoms with E-state index in [9.17, 15) is 0 Å². The molecule has 0 amide bonds. The Balaban J connectivity index is 2.47. The van der Waals surface area contributed by atoms with E-state index in [1.807, 2.05) is 18.2 Å². The van der Waals surface area contributed by atoms with Crippen LogP contribution in [0.1, 0.15) is 18.4 Å². The van der Waals surface area contributed by atoms with Gasteiger partial charge in [0, 0.05) is 16.8 Å². The van der Waals surface area contributed by atoms with Crippen molar-refractivity contribution in [2.24, 2.45) is 5.73 Å². The van der Waals surface area contributed by atoms with Crippen molar-refractivity contribution in [3.8, 4) is 5.75 Å². The number of hydrogen-bond acceptors (Lipinski definition) is 3. The van der Waals surface area contributed by atoms with E-state index in [0.29, 0.717) is 0 Å². The molecule has 4 N–H and O–H groups in total. The van der Waals surface area contributed by atoms with Gasteiger partial charge in [0.25, 0.3) is 0 Å². The first-order valence-corrected chi connectivity index (χ1v) is 4.38. The van der Waals surface area contributed by atoms with Gasteiger partial charge in [-0.15, -0.1) is 0 Å². The quantitative estimate of drug-likeness (QED) is 0.669. The van der Waals surface area contributed by atoms with E-state index in [4.69, 9.17) is 16.2 Å². The van der Waals surface area contributed by atoms with Gasteiger partial charge in [-0.1, -0.05) is 0 Å². The lowest BCUT2D eigenvalue weighted by atomic mass is 10.0. The number of nitrogen functional groups attached to an aromatic ring is 1. The van der Waals surface area contributed by atoms with Gasteiger partial charge in [0.15, 0.2) is 0 Å². The highest BCUT2D eigenvalue weighted by molar-refractivity contribution is 5.52. The second-order valence-corrected chi connectivity index (χ2v) is 3.62. The van der Waals surface area contributed by atoms with Gasteiger partial charge in [0.05, 0.1) is 7.11 Å². The number of anilines is 1. The predicted molar refractivity (Wildman–Crippen MR) is 52.5 cm³/mol. The summed E-state index contributed by atoms with van der Waals surface area (Å²) in [6, 6.07) is 5.61. The van der Waals surface area contributed by atoms with E-state index in [1.165, 1.54) is 0 Å². The molecule has 0 aliphatic heterocycles. The molecule has 1 aliphatic carbocycles. The molecule has 13 heavy (non-hydrogen) atoms. The summed E-state index contributed by atoms with van der Waals surface area (Å²) >= 11 is 0. The molecule has 0 radical (unpaired) electrons. The molecule has 0 unspecified atom stereocenters. The van der Waals surface area contributed by atoms with Crippen LogP contribution in [-0.2, 0) is 5.54 Å². The van der Waals surface area contributed by atoms with Crippen molar-refractivity contribution in [3.63, 3.8) is 0 Å². The predicted octanol–water partition coefficient (Wildman–Crippen LogP) is 1.23. The fraction of sp³-hybridized carbons (Fsp3) is 0.400. The maximum absolute atomic E-state index is 6.08. The number of nitrogens with two attached hydrogens (primary N) is 2. The van der Waals surface area contributed by atoms with Gasteiger partial charge in [0.1, 0.15) is 5.75 Å². The molecule has 3 nitrogen and oxygen atoms in total. The average Bonchev–Trinajstić information content (AvgIpc) is 2.85. The van der Waals surface area contributed by atoms with Crippen LogP contribution < -0.4 is 16.2 Å². The SMILES string of the molecule is COc1ccc(N)cc1C1(N)CC1. The molecule has 1 fully saturated rings. The van der Waals surface area contributed by atoms with Crippen molar-refractivity contribution in [1.29, 1.82) is 0 Å². The Morgan fingerprint density at radius 1 is 1.38 bits per heavy atom. The molecule has 1 aromatic rings. The molecule has 70 valence electrons. The van der Waals surface area contributed by atoms with E-state index < -0.39 is 0 Å². The highest BCUT2D eigenvalue weighted by Gasteiger charge is 2.42. The van der Waals surface area contributed by atoms with Crippen molar-refractivity contribution >= 4 is 5.69 Å². The molecule has 2 rings (SSSR count). The minimum atomic E-state index is -0.180. The van der Waals surface area contributed by atoms with Crippen molar-refractivity contribution < 1.29 is 4.74 Å². The van der Waals surface area contributed by atoms with Gasteiger partial charge in [-0.3, -0.25) is 0 Å². The zero-order chi connectivity index (χ0) is 9.47. The smallest absolute Gasteiger partial charge is 0.124 e. The van der Waals surface area contributed by atoms with Crippen LogP contribution in [0.4, 0.5) is 5.69 Å². The van der Waals surface area contributed by atoms with Crippen LogP contribution in [-0.4, -0.2) is 7.11 Å². The Morgan fingerprint density at radius 3 is 2.62 bits per heavy atom. The van der Waals surface area contributed by atoms with Crippen molar-refractivity contribution in [2.45, 2.75) is 18.4 Å². The van der Waals surface area contributed by atoms with Crippen LogP contribution in [0.2, 0.25) is 0 Å². The molecule has 0 aromatic heterocycles. The van der Waals surface area contributed by atoms with E-state index in [-0.39, 0.29) is 5.54 Å². The molecule has 0 spiro atoms. The number of rotatable bonds is 2. The molecule has 3 heteroatoms. The molecule has 0 atom stereocenters. The topological polar surface area (TPSA) is 61.3 Å². The van der Waals surface area contributed by atoms with Crippen molar-refractivity contribution in [3.05, 3.63) is 23.8 Å². The van der Waals surface area contributed by atoms with Gasteiger partial charge < -0.3 is 16.2 Å². The Morgan fingerprint density at radius 2 is 2.08 bits per heavy atom. The van der Waals surface area contributed by atoms with Gasteiger partial charge in [-0.25, -0.2) is 0 Å². The summed E-state index contributed by atoms with van der Waals surface area (Å²) in [6.45, 7) is 0. The molecule has 0 bridgehead atoms. The van der Waals surface area contributed by atoms with Gasteiger partial charge in [-0.05, 0) is 31.0 Å². The summed E-state index contributed by atoms with van der Waals surface area (Å²) in [5.41, 5.74) is 13.4. The summed E-state index contributed by atoms with van der Waals surface area (Å²) in [4.78, 5) is 0. The lowest BCUT2D eigenvalue weighted by molar-refractivity contribution is 0.404. The van der Waals surface area contributed by atoms with Crippen LogP contribution in [0, 0.1) is 0 Å². The third-order valence-corrected chi connectivity index (χ3v) is 2.55. The van der Waals surface area contributed by atoms with Crippen LogP contribution >= 0.6 is 0 Å². The summed E-state index contributed by atoms with van der Waals surface area (Å²) in [5.74, 6) is 0.842. The zero-order valence-electron chi connectivity index (χ0n) is 7.71. The summed E-state index contributed by atoms with van der Waals surface area (Å²) < 4.78 is 5.23. The van der Waals surface area contributed by atoms with Crippen LogP contribution in [0.15, 0.2) is 18.2 Å². The largest absolute Gasteiger partial charge is 0.496 e. The number of methoxy groups -OCH3 is 1. The number of ether oxygens (including phenoxy) is 1. The highest BCUT2D eigenvalue weighted by atomic mass is 16.5. The monoisotopic (exact) mass is 178 g/mol. The maximum Gasteiger partial charge on any atom is 0.124 e. The zero-order valence-corrected chi connectivity index (χ0v) is 7.71. The maximum atomic E-state index is 6.08. The fourth-order valence-corrected chi connectivity index (χ4v) is 1.52. The second-order valence-electron chi connectivity index (χ2n) is 3.62. The van der Waals surface area contributed by atoms with E-state index in [2.05, 4.69) is 0 Å². The number of benzene rings is 1. The summed E-state index contributed by atoms with van der Waals surface area (Å²) in [6.07, 6.45) is 2.04. The van der Waals surface area contributed by atoms with E-state index in [1.54, 1.807) is 7.11 Å². The highest BCUT2D eigenvalue weighted by Crippen LogP contribution is 2.46. The summed E-state index contributed by atoms with van der Waals surface area (Å²) in [7, 11) is 1.65. The standard InChI is InChI=1S/C10H14N2O/c1-13-9-3-2-7(11)6-8(9)10(12)4-5-10/h2-3,6H,4-5,11-12H2,1H3. The first-order chi connectivity index (χ1) is 6.15. The first kappa shape index (κ1) is 8.38. The Bertz CT molecular complexity index is 332. The molecule has 1 saturated carbocycles. The molecule has 0 saturated heterocycles. The summed E-state index contributed by atoms with van der Waals surface area (Å²) in [5, 5.41) is 0. The minimum Gasteiger partial charge on any atom is -0.496 e. The van der Waals surface area contributed by atoms with Crippen molar-refractivity contribution in [1.82, 2.24) is 0 Å². The van der Waals surface area contributed by atoms with E-state index in [0.717, 1.165) is 29.8 Å². The molecule has 1 aliphatic rings. The molecular formula is C10H14N2O.